The van der Waals surface area contributed by atoms with E-state index in [0.717, 1.165) is 0 Å². The van der Waals surface area contributed by atoms with E-state index < -0.39 is 5.97 Å². The minimum Gasteiger partial charge on any atom is -0.490 e. The Hall–Kier alpha value is -1.31. The van der Waals surface area contributed by atoms with Gasteiger partial charge in [-0.15, -0.1) is 0 Å². The fourth-order valence-electron chi connectivity index (χ4n) is 1.54. The molecule has 0 heterocycles. The van der Waals surface area contributed by atoms with Gasteiger partial charge in [0.15, 0.2) is 11.5 Å². The standard InChI is InChI=1S/C14H19BrO6/c1-3-20-12-9-10(14(16)17)8-11(15)13(12)21-7-6-19-5-4-18-2/h8-9H,3-7H2,1-2H3,(H,16,17). The summed E-state index contributed by atoms with van der Waals surface area (Å²) >= 11 is 3.30. The fraction of sp³-hybridized carbons (Fsp3) is 0.500. The van der Waals surface area contributed by atoms with Gasteiger partial charge in [0, 0.05) is 7.11 Å². The van der Waals surface area contributed by atoms with Crippen LogP contribution < -0.4 is 9.47 Å². The summed E-state index contributed by atoms with van der Waals surface area (Å²) in [5.74, 6) is -0.163. The molecule has 0 unspecified atom stereocenters. The highest BCUT2D eigenvalue weighted by Gasteiger charge is 2.15. The Balaban J connectivity index is 2.69. The van der Waals surface area contributed by atoms with E-state index in [1.165, 1.54) is 12.1 Å². The first-order valence-corrected chi connectivity index (χ1v) is 7.28. The van der Waals surface area contributed by atoms with E-state index in [9.17, 15) is 4.79 Å². The third kappa shape index (κ3) is 5.91. The molecule has 0 amide bonds. The molecule has 1 rings (SSSR count). The van der Waals surface area contributed by atoms with Gasteiger partial charge in [0.25, 0.3) is 0 Å². The van der Waals surface area contributed by atoms with Gasteiger partial charge in [-0.3, -0.25) is 0 Å². The second kappa shape index (κ2) is 9.59. The molecule has 21 heavy (non-hydrogen) atoms. The van der Waals surface area contributed by atoms with Gasteiger partial charge >= 0.3 is 5.97 Å². The molecule has 0 aliphatic heterocycles. The van der Waals surface area contributed by atoms with Crippen LogP contribution in [0.2, 0.25) is 0 Å². The summed E-state index contributed by atoms with van der Waals surface area (Å²) in [4.78, 5) is 11.0. The van der Waals surface area contributed by atoms with Crippen LogP contribution in [0.15, 0.2) is 16.6 Å². The van der Waals surface area contributed by atoms with Crippen LogP contribution in [-0.2, 0) is 9.47 Å². The van der Waals surface area contributed by atoms with Crippen molar-refractivity contribution < 1.29 is 28.8 Å². The number of ether oxygens (including phenoxy) is 4. The van der Waals surface area contributed by atoms with Crippen LogP contribution in [0.1, 0.15) is 17.3 Å². The van der Waals surface area contributed by atoms with Gasteiger partial charge in [-0.2, -0.15) is 0 Å². The van der Waals surface area contributed by atoms with E-state index in [-0.39, 0.29) is 5.56 Å². The summed E-state index contributed by atoms with van der Waals surface area (Å²) in [7, 11) is 1.61. The molecule has 7 heteroatoms. The number of hydrogen-bond donors (Lipinski definition) is 1. The summed E-state index contributed by atoms with van der Waals surface area (Å²) < 4.78 is 21.7. The highest BCUT2D eigenvalue weighted by Crippen LogP contribution is 2.36. The van der Waals surface area contributed by atoms with Gasteiger partial charge in [0.2, 0.25) is 0 Å². The quantitative estimate of drug-likeness (QED) is 0.644. The van der Waals surface area contributed by atoms with Gasteiger partial charge in [-0.25, -0.2) is 4.79 Å². The van der Waals surface area contributed by atoms with E-state index in [2.05, 4.69) is 15.9 Å². The van der Waals surface area contributed by atoms with Crippen molar-refractivity contribution >= 4 is 21.9 Å². The summed E-state index contributed by atoms with van der Waals surface area (Å²) in [6, 6.07) is 2.92. The lowest BCUT2D eigenvalue weighted by molar-refractivity contribution is 0.0537. The van der Waals surface area contributed by atoms with Crippen molar-refractivity contribution in [2.45, 2.75) is 6.92 Å². The Morgan fingerprint density at radius 3 is 2.52 bits per heavy atom. The molecular formula is C14H19BrO6. The lowest BCUT2D eigenvalue weighted by atomic mass is 10.2. The molecule has 0 aliphatic carbocycles. The Kier molecular flexibility index (Phi) is 8.11. The molecule has 0 saturated carbocycles. The minimum absolute atomic E-state index is 0.133. The maximum Gasteiger partial charge on any atom is 0.335 e. The van der Waals surface area contributed by atoms with Crippen molar-refractivity contribution in [3.05, 3.63) is 22.2 Å². The molecular weight excluding hydrogens is 344 g/mol. The molecule has 1 N–H and O–H groups in total. The number of aromatic carboxylic acids is 1. The average molecular weight is 363 g/mol. The molecule has 118 valence electrons. The molecule has 0 atom stereocenters. The first-order valence-electron chi connectivity index (χ1n) is 6.49. The van der Waals surface area contributed by atoms with Crippen molar-refractivity contribution in [3.8, 4) is 11.5 Å². The number of carbonyl (C=O) groups is 1. The van der Waals surface area contributed by atoms with Crippen LogP contribution in [0.4, 0.5) is 0 Å². The Labute approximate surface area is 132 Å². The van der Waals surface area contributed by atoms with Gasteiger partial charge in [0.05, 0.1) is 36.5 Å². The van der Waals surface area contributed by atoms with Crippen LogP contribution >= 0.6 is 15.9 Å². The number of halogens is 1. The van der Waals surface area contributed by atoms with E-state index in [0.29, 0.717) is 49.0 Å². The smallest absolute Gasteiger partial charge is 0.335 e. The van der Waals surface area contributed by atoms with Crippen molar-refractivity contribution in [1.82, 2.24) is 0 Å². The van der Waals surface area contributed by atoms with Crippen LogP contribution in [-0.4, -0.2) is 51.2 Å². The largest absolute Gasteiger partial charge is 0.490 e. The molecule has 0 spiro atoms. The third-order valence-corrected chi connectivity index (χ3v) is 3.05. The number of methoxy groups -OCH3 is 1. The predicted molar refractivity (Wildman–Crippen MR) is 80.5 cm³/mol. The van der Waals surface area contributed by atoms with Gasteiger partial charge in [-0.05, 0) is 35.0 Å². The molecule has 6 nitrogen and oxygen atoms in total. The second-order valence-corrected chi connectivity index (χ2v) is 4.83. The molecule has 1 aromatic carbocycles. The van der Waals surface area contributed by atoms with E-state index >= 15 is 0 Å². The lowest BCUT2D eigenvalue weighted by Gasteiger charge is -2.14. The van der Waals surface area contributed by atoms with Crippen molar-refractivity contribution in [2.75, 3.05) is 40.1 Å². The molecule has 0 saturated heterocycles. The highest BCUT2D eigenvalue weighted by atomic mass is 79.9. The number of carboxylic acid groups (broad SMARTS) is 1. The van der Waals surface area contributed by atoms with Crippen molar-refractivity contribution in [3.63, 3.8) is 0 Å². The Bertz CT molecular complexity index is 463. The molecule has 0 radical (unpaired) electrons. The van der Waals surface area contributed by atoms with Crippen LogP contribution in [0.5, 0.6) is 11.5 Å². The zero-order valence-electron chi connectivity index (χ0n) is 12.1. The number of hydrogen-bond acceptors (Lipinski definition) is 5. The van der Waals surface area contributed by atoms with Crippen LogP contribution in [0.3, 0.4) is 0 Å². The molecule has 0 aromatic heterocycles. The van der Waals surface area contributed by atoms with Gasteiger partial charge < -0.3 is 24.1 Å². The highest BCUT2D eigenvalue weighted by molar-refractivity contribution is 9.10. The van der Waals surface area contributed by atoms with Crippen LogP contribution in [0.25, 0.3) is 0 Å². The Morgan fingerprint density at radius 2 is 1.90 bits per heavy atom. The van der Waals surface area contributed by atoms with Gasteiger partial charge in [0.1, 0.15) is 6.61 Å². The number of carboxylic acids is 1. The molecule has 1 aromatic rings. The normalized spacial score (nSPS) is 10.4. The van der Waals surface area contributed by atoms with E-state index in [1.807, 2.05) is 6.92 Å². The third-order valence-electron chi connectivity index (χ3n) is 2.46. The topological polar surface area (TPSA) is 74.2 Å². The van der Waals surface area contributed by atoms with Gasteiger partial charge in [-0.1, -0.05) is 0 Å². The number of rotatable bonds is 10. The number of benzene rings is 1. The fourth-order valence-corrected chi connectivity index (χ4v) is 2.10. The summed E-state index contributed by atoms with van der Waals surface area (Å²) in [5.41, 5.74) is 0.133. The minimum atomic E-state index is -1.02. The molecule has 0 aliphatic rings. The second-order valence-electron chi connectivity index (χ2n) is 3.98. The summed E-state index contributed by atoms with van der Waals surface area (Å²) in [6.07, 6.45) is 0. The van der Waals surface area contributed by atoms with Crippen molar-refractivity contribution in [1.29, 1.82) is 0 Å². The zero-order chi connectivity index (χ0) is 15.7. The summed E-state index contributed by atoms with van der Waals surface area (Å²) in [5, 5.41) is 9.04. The van der Waals surface area contributed by atoms with Crippen LogP contribution in [0, 0.1) is 0 Å². The monoisotopic (exact) mass is 362 g/mol. The maximum atomic E-state index is 11.0. The SMILES string of the molecule is CCOc1cc(C(=O)O)cc(Br)c1OCCOCCOC. The van der Waals surface area contributed by atoms with E-state index in [4.69, 9.17) is 24.1 Å². The first kappa shape index (κ1) is 17.7. The Morgan fingerprint density at radius 1 is 1.19 bits per heavy atom. The first-order chi connectivity index (χ1) is 10.1. The van der Waals surface area contributed by atoms with E-state index in [1.54, 1.807) is 7.11 Å². The maximum absolute atomic E-state index is 11.0. The summed E-state index contributed by atoms with van der Waals surface area (Å²) in [6.45, 7) is 3.99. The molecule has 0 bridgehead atoms. The average Bonchev–Trinajstić information content (AvgIpc) is 2.44. The zero-order valence-corrected chi connectivity index (χ0v) is 13.6. The lowest BCUT2D eigenvalue weighted by Crippen LogP contribution is -2.11. The van der Waals surface area contributed by atoms with Crippen molar-refractivity contribution in [2.24, 2.45) is 0 Å². The molecule has 0 fully saturated rings. The predicted octanol–water partition coefficient (Wildman–Crippen LogP) is 2.59.